The van der Waals surface area contributed by atoms with Crippen LogP contribution in [0.2, 0.25) is 0 Å². The van der Waals surface area contributed by atoms with Crippen molar-refractivity contribution in [3.63, 3.8) is 0 Å². The molecule has 1 aromatic carbocycles. The summed E-state index contributed by atoms with van der Waals surface area (Å²) in [6.45, 7) is 1.62. The number of hydrogen-bond acceptors (Lipinski definition) is 7. The molecule has 2 aromatic rings. The Morgan fingerprint density at radius 2 is 1.93 bits per heavy atom. The van der Waals surface area contributed by atoms with Gasteiger partial charge in [0.05, 0.1) is 26.9 Å². The molecule has 3 heterocycles. The quantitative estimate of drug-likeness (QED) is 0.605. The average molecular weight is 428 g/mol. The first-order chi connectivity index (χ1) is 14.8. The van der Waals surface area contributed by atoms with Gasteiger partial charge in [-0.2, -0.15) is 0 Å². The number of methoxy groups -OCH3 is 2. The van der Waals surface area contributed by atoms with Crippen molar-refractivity contribution in [1.82, 2.24) is 9.97 Å². The van der Waals surface area contributed by atoms with Crippen LogP contribution < -0.4 is 14.4 Å². The summed E-state index contributed by atoms with van der Waals surface area (Å²) in [5.41, 5.74) is 2.38. The molecule has 0 bridgehead atoms. The minimum Gasteiger partial charge on any atom is -0.493 e. The molecule has 3 aliphatic rings. The zero-order chi connectivity index (χ0) is 20.5. The van der Waals surface area contributed by atoms with Gasteiger partial charge < -0.3 is 19.1 Å². The number of hydrogen-bond donors (Lipinski definition) is 0. The van der Waals surface area contributed by atoms with E-state index in [1.807, 2.05) is 23.9 Å². The van der Waals surface area contributed by atoms with Crippen LogP contribution in [0, 0.1) is 0 Å². The standard InChI is InChI=1S/C23H29N3O3S/c1-27-18-10-9-15(12-19(18)28-2)26(13-16-6-5-11-29-16)22-21-17-7-3-4-8-20(17)30-23(21)25-14-24-22/h9-10,12,14,16-17,20H,3-8,11,13H2,1-2H3. The van der Waals surface area contributed by atoms with Crippen LogP contribution in [0.5, 0.6) is 11.5 Å². The molecular formula is C23H29N3O3S. The Balaban J connectivity index is 1.58. The summed E-state index contributed by atoms with van der Waals surface area (Å²) in [6, 6.07) is 6.10. The van der Waals surface area contributed by atoms with Gasteiger partial charge in [0.25, 0.3) is 0 Å². The number of nitrogens with zero attached hydrogens (tertiary/aromatic N) is 3. The molecule has 2 aliphatic heterocycles. The minimum absolute atomic E-state index is 0.208. The Morgan fingerprint density at radius 3 is 2.73 bits per heavy atom. The molecule has 160 valence electrons. The highest BCUT2D eigenvalue weighted by molar-refractivity contribution is 8.00. The molecule has 0 radical (unpaired) electrons. The normalized spacial score (nSPS) is 24.9. The van der Waals surface area contributed by atoms with Crippen LogP contribution in [0.3, 0.4) is 0 Å². The van der Waals surface area contributed by atoms with E-state index in [4.69, 9.17) is 19.2 Å². The van der Waals surface area contributed by atoms with Gasteiger partial charge in [-0.15, -0.1) is 11.8 Å². The van der Waals surface area contributed by atoms with E-state index in [1.165, 1.54) is 31.2 Å². The van der Waals surface area contributed by atoms with Crippen molar-refractivity contribution in [3.05, 3.63) is 30.1 Å². The van der Waals surface area contributed by atoms with Crippen molar-refractivity contribution in [3.8, 4) is 11.5 Å². The summed E-state index contributed by atoms with van der Waals surface area (Å²) in [4.78, 5) is 11.8. The summed E-state index contributed by atoms with van der Waals surface area (Å²) < 4.78 is 17.1. The molecule has 0 spiro atoms. The highest BCUT2D eigenvalue weighted by Gasteiger charge is 2.40. The maximum atomic E-state index is 6.01. The van der Waals surface area contributed by atoms with Crippen molar-refractivity contribution in [2.75, 3.05) is 32.3 Å². The van der Waals surface area contributed by atoms with Gasteiger partial charge in [-0.3, -0.25) is 0 Å². The second kappa shape index (κ2) is 8.63. The topological polar surface area (TPSA) is 56.7 Å². The largest absolute Gasteiger partial charge is 0.493 e. The number of benzene rings is 1. The molecule has 1 saturated heterocycles. The zero-order valence-corrected chi connectivity index (χ0v) is 18.5. The highest BCUT2D eigenvalue weighted by Crippen LogP contribution is 2.54. The highest BCUT2D eigenvalue weighted by atomic mass is 32.2. The number of fused-ring (bicyclic) bond motifs is 3. The number of anilines is 2. The summed E-state index contributed by atoms with van der Waals surface area (Å²) in [5.74, 6) is 3.03. The van der Waals surface area contributed by atoms with Crippen molar-refractivity contribution < 1.29 is 14.2 Å². The zero-order valence-electron chi connectivity index (χ0n) is 17.7. The molecule has 30 heavy (non-hydrogen) atoms. The third-order valence-electron chi connectivity index (χ3n) is 6.51. The minimum atomic E-state index is 0.208. The molecule has 2 fully saturated rings. The summed E-state index contributed by atoms with van der Waals surface area (Å²) in [7, 11) is 3.34. The first kappa shape index (κ1) is 19.9. The summed E-state index contributed by atoms with van der Waals surface area (Å²) >= 11 is 1.95. The first-order valence-electron chi connectivity index (χ1n) is 10.9. The summed E-state index contributed by atoms with van der Waals surface area (Å²) in [5, 5.41) is 1.80. The molecule has 6 nitrogen and oxygen atoms in total. The van der Waals surface area contributed by atoms with Gasteiger partial charge in [0, 0.05) is 35.1 Å². The van der Waals surface area contributed by atoms with Gasteiger partial charge in [0.1, 0.15) is 17.2 Å². The van der Waals surface area contributed by atoms with E-state index in [2.05, 4.69) is 16.0 Å². The van der Waals surface area contributed by atoms with Gasteiger partial charge >= 0.3 is 0 Å². The first-order valence-corrected chi connectivity index (χ1v) is 11.8. The van der Waals surface area contributed by atoms with Crippen LogP contribution in [0.15, 0.2) is 29.6 Å². The molecule has 3 unspecified atom stereocenters. The number of thioether (sulfide) groups is 1. The van der Waals surface area contributed by atoms with Crippen molar-refractivity contribution in [2.24, 2.45) is 0 Å². The molecule has 1 saturated carbocycles. The molecule has 1 aromatic heterocycles. The van der Waals surface area contributed by atoms with E-state index in [1.54, 1.807) is 20.5 Å². The number of aromatic nitrogens is 2. The Morgan fingerprint density at radius 1 is 1.07 bits per heavy atom. The van der Waals surface area contributed by atoms with Crippen molar-refractivity contribution in [2.45, 2.75) is 60.8 Å². The number of ether oxygens (including phenoxy) is 3. The van der Waals surface area contributed by atoms with Crippen LogP contribution in [-0.2, 0) is 4.74 Å². The van der Waals surface area contributed by atoms with Gasteiger partial charge in [-0.05, 0) is 37.8 Å². The Labute approximate surface area is 182 Å². The lowest BCUT2D eigenvalue weighted by Gasteiger charge is -2.31. The maximum absolute atomic E-state index is 6.01. The summed E-state index contributed by atoms with van der Waals surface area (Å²) in [6.07, 6.45) is 9.24. The van der Waals surface area contributed by atoms with Gasteiger partial charge in [0.2, 0.25) is 0 Å². The third kappa shape index (κ3) is 3.62. The predicted octanol–water partition coefficient (Wildman–Crippen LogP) is 4.94. The van der Waals surface area contributed by atoms with Crippen LogP contribution in [0.1, 0.15) is 50.0 Å². The van der Waals surface area contributed by atoms with E-state index in [0.29, 0.717) is 11.2 Å². The third-order valence-corrected chi connectivity index (χ3v) is 7.92. The van der Waals surface area contributed by atoms with Crippen molar-refractivity contribution in [1.29, 1.82) is 0 Å². The fraction of sp³-hybridized carbons (Fsp3) is 0.565. The smallest absolute Gasteiger partial charge is 0.162 e. The average Bonchev–Trinajstić information content (AvgIpc) is 3.44. The Bertz CT molecular complexity index is 903. The van der Waals surface area contributed by atoms with Gasteiger partial charge in [0.15, 0.2) is 11.5 Å². The van der Waals surface area contributed by atoms with Gasteiger partial charge in [-0.1, -0.05) is 12.8 Å². The lowest BCUT2D eigenvalue weighted by Crippen LogP contribution is -2.30. The lowest BCUT2D eigenvalue weighted by molar-refractivity contribution is 0.117. The SMILES string of the molecule is COc1ccc(N(CC2CCCO2)c2ncnc3c2C2CCCCC2S3)cc1OC. The molecule has 5 rings (SSSR count). The molecule has 3 atom stereocenters. The molecule has 0 amide bonds. The van der Waals surface area contributed by atoms with E-state index < -0.39 is 0 Å². The monoisotopic (exact) mass is 427 g/mol. The molecular weight excluding hydrogens is 398 g/mol. The fourth-order valence-corrected chi connectivity index (χ4v) is 6.50. The Kier molecular flexibility index (Phi) is 5.74. The van der Waals surface area contributed by atoms with E-state index in [9.17, 15) is 0 Å². The second-order valence-corrected chi connectivity index (χ2v) is 9.48. The van der Waals surface area contributed by atoms with E-state index in [-0.39, 0.29) is 6.10 Å². The predicted molar refractivity (Wildman–Crippen MR) is 118 cm³/mol. The second-order valence-electron chi connectivity index (χ2n) is 8.25. The lowest BCUT2D eigenvalue weighted by atomic mass is 9.84. The molecule has 1 aliphatic carbocycles. The van der Waals surface area contributed by atoms with E-state index in [0.717, 1.165) is 54.0 Å². The molecule has 7 heteroatoms. The van der Waals surface area contributed by atoms with Crippen LogP contribution in [-0.4, -0.2) is 48.7 Å². The number of rotatable bonds is 6. The molecule has 0 N–H and O–H groups in total. The van der Waals surface area contributed by atoms with Crippen LogP contribution >= 0.6 is 11.8 Å². The van der Waals surface area contributed by atoms with Crippen LogP contribution in [0.25, 0.3) is 0 Å². The maximum Gasteiger partial charge on any atom is 0.162 e. The van der Waals surface area contributed by atoms with Crippen LogP contribution in [0.4, 0.5) is 11.5 Å². The van der Waals surface area contributed by atoms with Crippen molar-refractivity contribution >= 4 is 23.3 Å². The Hall–Kier alpha value is -1.99. The fourth-order valence-electron chi connectivity index (χ4n) is 5.01. The van der Waals surface area contributed by atoms with E-state index >= 15 is 0 Å². The van der Waals surface area contributed by atoms with Gasteiger partial charge in [-0.25, -0.2) is 9.97 Å².